The van der Waals surface area contributed by atoms with Crippen LogP contribution in [0, 0.1) is 0 Å². The Bertz CT molecular complexity index is 175. The fourth-order valence-corrected chi connectivity index (χ4v) is 2.01. The van der Waals surface area contributed by atoms with Crippen molar-refractivity contribution in [3.63, 3.8) is 0 Å². The Balaban J connectivity index is 2.10. The monoisotopic (exact) mass is 232 g/mol. The quantitative estimate of drug-likeness (QED) is 0.503. The van der Waals surface area contributed by atoms with Crippen LogP contribution in [0.15, 0.2) is 0 Å². The zero-order valence-electron chi connectivity index (χ0n) is 10.1. The highest BCUT2D eigenvalue weighted by Crippen LogP contribution is 2.07. The maximum atomic E-state index is 9.80. The summed E-state index contributed by atoms with van der Waals surface area (Å²) in [6.07, 6.45) is 2.11. The van der Waals surface area contributed by atoms with Gasteiger partial charge >= 0.3 is 0 Å². The fraction of sp³-hybridized carbons (Fsp3) is 1.00. The van der Waals surface area contributed by atoms with Gasteiger partial charge in [0.15, 0.2) is 0 Å². The van der Waals surface area contributed by atoms with E-state index in [1.165, 1.54) is 12.8 Å². The average molecular weight is 232 g/mol. The van der Waals surface area contributed by atoms with Crippen molar-refractivity contribution in [2.45, 2.75) is 25.0 Å². The van der Waals surface area contributed by atoms with Crippen LogP contribution in [0.4, 0.5) is 0 Å². The number of aliphatic hydroxyl groups excluding tert-OH is 2. The first-order chi connectivity index (χ1) is 7.76. The predicted molar refractivity (Wildman–Crippen MR) is 62.4 cm³/mol. The first-order valence-electron chi connectivity index (χ1n) is 6.00. The number of hydrogen-bond donors (Lipinski definition) is 3. The minimum Gasteiger partial charge on any atom is -0.395 e. The first-order valence-corrected chi connectivity index (χ1v) is 6.00. The molecular formula is C11H24N2O3. The SMILES string of the molecule is COCC(CO)NCC(O)CN1CCCC1. The molecule has 1 saturated heterocycles. The number of methoxy groups -OCH3 is 1. The molecule has 1 fully saturated rings. The van der Waals surface area contributed by atoms with Gasteiger partial charge in [-0.2, -0.15) is 0 Å². The zero-order valence-corrected chi connectivity index (χ0v) is 10.1. The van der Waals surface area contributed by atoms with Crippen molar-refractivity contribution in [3.05, 3.63) is 0 Å². The smallest absolute Gasteiger partial charge is 0.0791 e. The second-order valence-electron chi connectivity index (χ2n) is 4.40. The number of β-amino-alcohol motifs (C(OH)–C–C–N with tert-alkyl or cyclic N) is 1. The van der Waals surface area contributed by atoms with Crippen LogP contribution in [-0.2, 0) is 4.74 Å². The van der Waals surface area contributed by atoms with Crippen LogP contribution in [0.25, 0.3) is 0 Å². The summed E-state index contributed by atoms with van der Waals surface area (Å²) >= 11 is 0. The van der Waals surface area contributed by atoms with Gasteiger partial charge < -0.3 is 25.2 Å². The van der Waals surface area contributed by atoms with Gasteiger partial charge in [0.05, 0.1) is 25.4 Å². The average Bonchev–Trinajstić information content (AvgIpc) is 2.76. The molecule has 0 aromatic heterocycles. The zero-order chi connectivity index (χ0) is 11.8. The lowest BCUT2D eigenvalue weighted by Gasteiger charge is -2.22. The van der Waals surface area contributed by atoms with Gasteiger partial charge in [-0.3, -0.25) is 0 Å². The van der Waals surface area contributed by atoms with Gasteiger partial charge in [0, 0.05) is 20.2 Å². The third-order valence-electron chi connectivity index (χ3n) is 2.90. The lowest BCUT2D eigenvalue weighted by molar-refractivity contribution is 0.0953. The molecule has 0 radical (unpaired) electrons. The van der Waals surface area contributed by atoms with Crippen LogP contribution < -0.4 is 5.32 Å². The van der Waals surface area contributed by atoms with E-state index < -0.39 is 0 Å². The van der Waals surface area contributed by atoms with Crippen LogP contribution in [0.3, 0.4) is 0 Å². The summed E-state index contributed by atoms with van der Waals surface area (Å²) in [4.78, 5) is 2.27. The van der Waals surface area contributed by atoms with E-state index in [0.29, 0.717) is 13.2 Å². The molecule has 0 aromatic rings. The summed E-state index contributed by atoms with van der Waals surface area (Å²) in [6, 6.07) is -0.0850. The van der Waals surface area contributed by atoms with Gasteiger partial charge in [0.2, 0.25) is 0 Å². The van der Waals surface area contributed by atoms with E-state index in [9.17, 15) is 5.11 Å². The third-order valence-corrected chi connectivity index (χ3v) is 2.90. The number of nitrogens with one attached hydrogen (secondary N) is 1. The molecule has 2 atom stereocenters. The van der Waals surface area contributed by atoms with Crippen molar-refractivity contribution >= 4 is 0 Å². The van der Waals surface area contributed by atoms with Gasteiger partial charge in [-0.05, 0) is 25.9 Å². The van der Waals surface area contributed by atoms with E-state index in [1.807, 2.05) is 0 Å². The van der Waals surface area contributed by atoms with Gasteiger partial charge in [-0.25, -0.2) is 0 Å². The molecule has 0 saturated carbocycles. The van der Waals surface area contributed by atoms with Gasteiger partial charge in [0.1, 0.15) is 0 Å². The molecule has 1 rings (SSSR count). The van der Waals surface area contributed by atoms with Crippen LogP contribution >= 0.6 is 0 Å². The molecule has 0 aliphatic carbocycles. The molecule has 1 aliphatic heterocycles. The van der Waals surface area contributed by atoms with Crippen LogP contribution in [0.5, 0.6) is 0 Å². The van der Waals surface area contributed by atoms with Gasteiger partial charge in [-0.1, -0.05) is 0 Å². The van der Waals surface area contributed by atoms with E-state index in [0.717, 1.165) is 19.6 Å². The molecule has 0 aromatic carbocycles. The minimum atomic E-state index is -0.371. The second kappa shape index (κ2) is 7.97. The van der Waals surface area contributed by atoms with E-state index in [-0.39, 0.29) is 18.8 Å². The van der Waals surface area contributed by atoms with E-state index in [1.54, 1.807) is 7.11 Å². The summed E-state index contributed by atoms with van der Waals surface area (Å²) in [5, 5.41) is 21.9. The number of rotatable bonds is 8. The number of likely N-dealkylation sites (tertiary alicyclic amines) is 1. The second-order valence-corrected chi connectivity index (χ2v) is 4.40. The molecule has 1 heterocycles. The molecule has 96 valence electrons. The van der Waals surface area contributed by atoms with Crippen LogP contribution in [0.2, 0.25) is 0 Å². The maximum absolute atomic E-state index is 9.80. The Kier molecular flexibility index (Phi) is 6.91. The summed E-state index contributed by atoms with van der Waals surface area (Å²) in [5.74, 6) is 0. The Morgan fingerprint density at radius 3 is 2.62 bits per heavy atom. The molecule has 1 aliphatic rings. The van der Waals surface area contributed by atoms with Crippen molar-refractivity contribution in [2.75, 3.05) is 46.5 Å². The molecule has 0 bridgehead atoms. The molecule has 2 unspecified atom stereocenters. The first kappa shape index (κ1) is 13.9. The Labute approximate surface area is 97.4 Å². The highest BCUT2D eigenvalue weighted by Gasteiger charge is 2.16. The van der Waals surface area contributed by atoms with Crippen molar-refractivity contribution in [1.29, 1.82) is 0 Å². The maximum Gasteiger partial charge on any atom is 0.0791 e. The Morgan fingerprint density at radius 2 is 2.06 bits per heavy atom. The van der Waals surface area contributed by atoms with Crippen molar-refractivity contribution in [3.8, 4) is 0 Å². The molecule has 5 nitrogen and oxygen atoms in total. The van der Waals surface area contributed by atoms with Crippen LogP contribution in [0.1, 0.15) is 12.8 Å². The summed E-state index contributed by atoms with van der Waals surface area (Å²) < 4.78 is 4.95. The Hall–Kier alpha value is -0.200. The molecule has 16 heavy (non-hydrogen) atoms. The molecular weight excluding hydrogens is 208 g/mol. The predicted octanol–water partition coefficient (Wildman–Crippen LogP) is -0.960. The van der Waals surface area contributed by atoms with Gasteiger partial charge in [0.25, 0.3) is 0 Å². The topological polar surface area (TPSA) is 65.0 Å². The van der Waals surface area contributed by atoms with Crippen molar-refractivity contribution in [2.24, 2.45) is 0 Å². The van der Waals surface area contributed by atoms with Crippen LogP contribution in [-0.4, -0.2) is 73.8 Å². The minimum absolute atomic E-state index is 0.0320. The van der Waals surface area contributed by atoms with E-state index in [2.05, 4.69) is 10.2 Å². The molecule has 5 heteroatoms. The lowest BCUT2D eigenvalue weighted by Crippen LogP contribution is -2.44. The van der Waals surface area contributed by atoms with Crippen molar-refractivity contribution in [1.82, 2.24) is 10.2 Å². The number of hydrogen-bond acceptors (Lipinski definition) is 5. The number of aliphatic hydroxyl groups is 2. The summed E-state index contributed by atoms with van der Waals surface area (Å²) in [6.45, 7) is 3.91. The third kappa shape index (κ3) is 5.23. The lowest BCUT2D eigenvalue weighted by atomic mass is 10.2. The van der Waals surface area contributed by atoms with Crippen molar-refractivity contribution < 1.29 is 14.9 Å². The standard InChI is InChI=1S/C11H24N2O3/c1-16-9-10(8-14)12-6-11(15)7-13-4-2-3-5-13/h10-12,14-15H,2-9H2,1H3. The highest BCUT2D eigenvalue weighted by atomic mass is 16.5. The largest absolute Gasteiger partial charge is 0.395 e. The molecule has 0 spiro atoms. The molecule has 3 N–H and O–H groups in total. The van der Waals surface area contributed by atoms with E-state index in [4.69, 9.17) is 9.84 Å². The summed E-state index contributed by atoms with van der Waals surface area (Å²) in [7, 11) is 1.60. The highest BCUT2D eigenvalue weighted by molar-refractivity contribution is 4.73. The Morgan fingerprint density at radius 1 is 1.38 bits per heavy atom. The fourth-order valence-electron chi connectivity index (χ4n) is 2.01. The van der Waals surface area contributed by atoms with E-state index >= 15 is 0 Å². The van der Waals surface area contributed by atoms with Gasteiger partial charge in [-0.15, -0.1) is 0 Å². The number of ether oxygens (including phenoxy) is 1. The molecule has 0 amide bonds. The summed E-state index contributed by atoms with van der Waals surface area (Å²) in [5.41, 5.74) is 0. The normalized spacial score (nSPS) is 21.2. The number of nitrogens with zero attached hydrogens (tertiary/aromatic N) is 1.